The number of hydrogen-bond donors (Lipinski definition) is 1. The van der Waals surface area contributed by atoms with Crippen LogP contribution in [0.15, 0.2) is 71.5 Å². The van der Waals surface area contributed by atoms with Crippen LogP contribution in [0.5, 0.6) is 0 Å². The smallest absolute Gasteiger partial charge is 0.331 e. The number of carbonyl (C=O) groups is 1. The number of carbonyl (C=O) groups excluding carboxylic acids is 1. The Balaban J connectivity index is 1.49. The lowest BCUT2D eigenvalue weighted by molar-refractivity contribution is -0.142. The Kier molecular flexibility index (Phi) is 4.68. The summed E-state index contributed by atoms with van der Waals surface area (Å²) in [4.78, 5) is 35.8. The minimum atomic E-state index is -0.695. The molecule has 28 heavy (non-hydrogen) atoms. The Morgan fingerprint density at radius 2 is 1.75 bits per heavy atom. The highest BCUT2D eigenvalue weighted by Gasteiger charge is 2.14. The van der Waals surface area contributed by atoms with Gasteiger partial charge in [-0.05, 0) is 37.3 Å². The molecular formula is C22H17N3O3. The Bertz CT molecular complexity index is 1260. The molecule has 0 bridgehead atoms. The summed E-state index contributed by atoms with van der Waals surface area (Å²) in [6.45, 7) is 1.66. The first-order valence-corrected chi connectivity index (χ1v) is 8.83. The van der Waals surface area contributed by atoms with E-state index in [9.17, 15) is 9.59 Å². The summed E-state index contributed by atoms with van der Waals surface area (Å²) < 4.78 is 5.36. The number of para-hydroxylation sites is 2. The first-order valence-electron chi connectivity index (χ1n) is 8.83. The van der Waals surface area contributed by atoms with Crippen molar-refractivity contribution in [1.82, 2.24) is 15.0 Å². The van der Waals surface area contributed by atoms with Gasteiger partial charge in [0.25, 0.3) is 5.56 Å². The van der Waals surface area contributed by atoms with E-state index in [1.54, 1.807) is 37.3 Å². The van der Waals surface area contributed by atoms with E-state index in [1.165, 1.54) is 6.08 Å². The van der Waals surface area contributed by atoms with E-state index in [0.717, 1.165) is 10.9 Å². The summed E-state index contributed by atoms with van der Waals surface area (Å²) in [6.07, 6.45) is 2.21. The Morgan fingerprint density at radius 1 is 1.00 bits per heavy atom. The number of ether oxygens (including phenoxy) is 1. The standard InChI is InChI=1S/C22H17N3O3/c1-14(21-24-19-9-5-3-7-17(19)22(27)25-21)28-20(26)13-12-16-11-10-15-6-2-4-8-18(15)23-16/h2-14H,1H3,(H,24,25,27)/b13-12+/t14-/m0/s1. The zero-order chi connectivity index (χ0) is 19.5. The van der Waals surface area contributed by atoms with Gasteiger partial charge in [-0.2, -0.15) is 0 Å². The number of nitrogens with zero attached hydrogens (tertiary/aromatic N) is 2. The second kappa shape index (κ2) is 7.44. The third-order valence-electron chi connectivity index (χ3n) is 4.32. The van der Waals surface area contributed by atoms with E-state index in [4.69, 9.17) is 4.74 Å². The van der Waals surface area contributed by atoms with Crippen LogP contribution < -0.4 is 5.56 Å². The monoisotopic (exact) mass is 371 g/mol. The number of pyridine rings is 1. The van der Waals surface area contributed by atoms with Gasteiger partial charge in [-0.1, -0.05) is 36.4 Å². The van der Waals surface area contributed by atoms with Crippen LogP contribution in [0.3, 0.4) is 0 Å². The molecule has 0 aliphatic carbocycles. The fraction of sp³-hybridized carbons (Fsp3) is 0.0909. The molecule has 0 amide bonds. The van der Waals surface area contributed by atoms with Crippen molar-refractivity contribution in [3.8, 4) is 0 Å². The molecule has 0 fully saturated rings. The highest BCUT2D eigenvalue weighted by atomic mass is 16.5. The maximum atomic E-state index is 12.2. The molecule has 0 radical (unpaired) electrons. The molecule has 6 nitrogen and oxygen atoms in total. The van der Waals surface area contributed by atoms with Crippen LogP contribution in [0.25, 0.3) is 27.9 Å². The molecule has 4 rings (SSSR count). The van der Waals surface area contributed by atoms with E-state index < -0.39 is 12.1 Å². The van der Waals surface area contributed by atoms with Crippen molar-refractivity contribution in [2.75, 3.05) is 0 Å². The molecule has 2 heterocycles. The van der Waals surface area contributed by atoms with Gasteiger partial charge in [0.15, 0.2) is 11.9 Å². The van der Waals surface area contributed by atoms with E-state index >= 15 is 0 Å². The molecule has 1 atom stereocenters. The van der Waals surface area contributed by atoms with Crippen molar-refractivity contribution in [2.24, 2.45) is 0 Å². The van der Waals surface area contributed by atoms with Gasteiger partial charge < -0.3 is 9.72 Å². The third kappa shape index (κ3) is 3.66. The highest BCUT2D eigenvalue weighted by molar-refractivity contribution is 5.87. The second-order valence-corrected chi connectivity index (χ2v) is 6.31. The van der Waals surface area contributed by atoms with Gasteiger partial charge in [0.05, 0.1) is 22.1 Å². The zero-order valence-corrected chi connectivity index (χ0v) is 15.1. The van der Waals surface area contributed by atoms with Crippen molar-refractivity contribution in [3.63, 3.8) is 0 Å². The van der Waals surface area contributed by atoms with Crippen molar-refractivity contribution in [2.45, 2.75) is 13.0 Å². The first kappa shape index (κ1) is 17.6. The Labute approximate surface area is 160 Å². The molecule has 6 heteroatoms. The topological polar surface area (TPSA) is 84.9 Å². The number of nitrogens with one attached hydrogen (secondary N) is 1. The molecule has 0 saturated carbocycles. The summed E-state index contributed by atoms with van der Waals surface area (Å²) in [5.41, 5.74) is 1.80. The largest absolute Gasteiger partial charge is 0.451 e. The van der Waals surface area contributed by atoms with Gasteiger partial charge in [-0.3, -0.25) is 4.79 Å². The molecule has 0 aliphatic heterocycles. The first-order chi connectivity index (χ1) is 13.6. The van der Waals surface area contributed by atoms with Crippen LogP contribution >= 0.6 is 0 Å². The van der Waals surface area contributed by atoms with Crippen LogP contribution in [-0.2, 0) is 9.53 Å². The third-order valence-corrected chi connectivity index (χ3v) is 4.32. The van der Waals surface area contributed by atoms with E-state index in [2.05, 4.69) is 15.0 Å². The predicted octanol–water partition coefficient (Wildman–Crippen LogP) is 3.79. The summed E-state index contributed by atoms with van der Waals surface area (Å²) >= 11 is 0. The summed E-state index contributed by atoms with van der Waals surface area (Å²) in [5.74, 6) is -0.243. The average Bonchev–Trinajstić information content (AvgIpc) is 2.72. The van der Waals surface area contributed by atoms with Gasteiger partial charge in [0.2, 0.25) is 0 Å². The summed E-state index contributed by atoms with van der Waals surface area (Å²) in [7, 11) is 0. The van der Waals surface area contributed by atoms with Crippen molar-refractivity contribution in [3.05, 3.63) is 88.6 Å². The number of esters is 1. The number of benzene rings is 2. The summed E-state index contributed by atoms with van der Waals surface area (Å²) in [6, 6.07) is 18.5. The molecule has 2 aromatic heterocycles. The quantitative estimate of drug-likeness (QED) is 0.436. The van der Waals surface area contributed by atoms with Crippen LogP contribution in [-0.4, -0.2) is 20.9 Å². The van der Waals surface area contributed by atoms with Gasteiger partial charge in [0, 0.05) is 11.5 Å². The van der Waals surface area contributed by atoms with Crippen LogP contribution in [0, 0.1) is 0 Å². The van der Waals surface area contributed by atoms with Crippen molar-refractivity contribution < 1.29 is 9.53 Å². The number of H-pyrrole nitrogens is 1. The van der Waals surface area contributed by atoms with E-state index in [-0.39, 0.29) is 5.56 Å². The van der Waals surface area contributed by atoms with Crippen LogP contribution in [0.4, 0.5) is 0 Å². The zero-order valence-electron chi connectivity index (χ0n) is 15.1. The molecule has 1 N–H and O–H groups in total. The fourth-order valence-electron chi connectivity index (χ4n) is 2.89. The molecule has 0 aliphatic rings. The number of aromatic amines is 1. The average molecular weight is 371 g/mol. The number of aromatic nitrogens is 3. The lowest BCUT2D eigenvalue weighted by atomic mass is 10.2. The highest BCUT2D eigenvalue weighted by Crippen LogP contribution is 2.16. The van der Waals surface area contributed by atoms with E-state index in [1.807, 2.05) is 36.4 Å². The predicted molar refractivity (Wildman–Crippen MR) is 108 cm³/mol. The Morgan fingerprint density at radius 3 is 2.61 bits per heavy atom. The van der Waals surface area contributed by atoms with Gasteiger partial charge in [-0.15, -0.1) is 0 Å². The minimum Gasteiger partial charge on any atom is -0.451 e. The molecule has 4 aromatic rings. The van der Waals surface area contributed by atoms with Crippen LogP contribution in [0.1, 0.15) is 24.5 Å². The molecule has 0 spiro atoms. The van der Waals surface area contributed by atoms with Gasteiger partial charge in [0.1, 0.15) is 0 Å². The summed E-state index contributed by atoms with van der Waals surface area (Å²) in [5, 5.41) is 1.52. The van der Waals surface area contributed by atoms with Gasteiger partial charge in [-0.25, -0.2) is 14.8 Å². The molecule has 0 unspecified atom stereocenters. The number of rotatable bonds is 4. The second-order valence-electron chi connectivity index (χ2n) is 6.31. The normalized spacial score (nSPS) is 12.5. The fourth-order valence-corrected chi connectivity index (χ4v) is 2.89. The lowest BCUT2D eigenvalue weighted by Crippen LogP contribution is -2.16. The number of hydrogen-bond acceptors (Lipinski definition) is 5. The van der Waals surface area contributed by atoms with Crippen LogP contribution in [0.2, 0.25) is 0 Å². The molecule has 0 saturated heterocycles. The lowest BCUT2D eigenvalue weighted by Gasteiger charge is -2.11. The molecule has 2 aromatic carbocycles. The minimum absolute atomic E-state index is 0.264. The van der Waals surface area contributed by atoms with E-state index in [0.29, 0.717) is 22.4 Å². The molecular weight excluding hydrogens is 354 g/mol. The van der Waals surface area contributed by atoms with Gasteiger partial charge >= 0.3 is 5.97 Å². The number of fused-ring (bicyclic) bond motifs is 2. The van der Waals surface area contributed by atoms with Crippen molar-refractivity contribution in [1.29, 1.82) is 0 Å². The maximum absolute atomic E-state index is 12.2. The SMILES string of the molecule is C[C@H](OC(=O)/C=C/c1ccc2ccccc2n1)c1nc2ccccc2c(=O)[nH]1. The van der Waals surface area contributed by atoms with Crippen molar-refractivity contribution >= 4 is 33.9 Å². The molecule has 138 valence electrons. The Hall–Kier alpha value is -3.80. The maximum Gasteiger partial charge on any atom is 0.331 e.